The lowest BCUT2D eigenvalue weighted by atomic mass is 9.96. The van der Waals surface area contributed by atoms with E-state index >= 15 is 0 Å². The zero-order valence-corrected chi connectivity index (χ0v) is 14.2. The number of rotatable bonds is 10. The Hall–Kier alpha value is -0.630. The molecule has 1 rings (SSSR count). The standard InChI is InChI=1S/C17H33N3O/c1-4-11-19-17(3,15-18)10-6-7-12-20-13-8-16(9-14-20)21-5-2/h16,19H,4-14H2,1-3H3. The predicted octanol–water partition coefficient (Wildman–Crippen LogP) is 2.94. The summed E-state index contributed by atoms with van der Waals surface area (Å²) in [5.74, 6) is 0. The average Bonchev–Trinajstić information content (AvgIpc) is 2.51. The molecule has 0 bridgehead atoms. The highest BCUT2D eigenvalue weighted by Crippen LogP contribution is 2.16. The van der Waals surface area contributed by atoms with Gasteiger partial charge in [0.05, 0.1) is 12.2 Å². The Balaban J connectivity index is 2.13. The molecule has 4 heteroatoms. The maximum Gasteiger partial charge on any atom is 0.103 e. The number of unbranched alkanes of at least 4 members (excludes halogenated alkanes) is 1. The van der Waals surface area contributed by atoms with Gasteiger partial charge in [-0.25, -0.2) is 0 Å². The smallest absolute Gasteiger partial charge is 0.103 e. The summed E-state index contributed by atoms with van der Waals surface area (Å²) in [6.07, 6.45) is 7.14. The summed E-state index contributed by atoms with van der Waals surface area (Å²) in [6.45, 7) is 11.5. The van der Waals surface area contributed by atoms with Crippen molar-refractivity contribution in [2.24, 2.45) is 0 Å². The van der Waals surface area contributed by atoms with Gasteiger partial charge in [0.15, 0.2) is 0 Å². The molecule has 4 nitrogen and oxygen atoms in total. The zero-order valence-electron chi connectivity index (χ0n) is 14.2. The number of nitrogens with one attached hydrogen (secondary N) is 1. The lowest BCUT2D eigenvalue weighted by molar-refractivity contribution is 0.0139. The highest BCUT2D eigenvalue weighted by atomic mass is 16.5. The normalized spacial score (nSPS) is 20.1. The van der Waals surface area contributed by atoms with Crippen molar-refractivity contribution >= 4 is 0 Å². The molecule has 1 fully saturated rings. The number of hydrogen-bond donors (Lipinski definition) is 1. The van der Waals surface area contributed by atoms with Crippen molar-refractivity contribution in [3.05, 3.63) is 0 Å². The van der Waals surface area contributed by atoms with Crippen molar-refractivity contribution in [2.45, 2.75) is 70.9 Å². The minimum Gasteiger partial charge on any atom is -0.378 e. The van der Waals surface area contributed by atoms with Gasteiger partial charge in [0, 0.05) is 19.7 Å². The van der Waals surface area contributed by atoms with Gasteiger partial charge in [0.1, 0.15) is 5.54 Å². The molecule has 0 spiro atoms. The monoisotopic (exact) mass is 295 g/mol. The van der Waals surface area contributed by atoms with Gasteiger partial charge < -0.3 is 9.64 Å². The summed E-state index contributed by atoms with van der Waals surface area (Å²) in [5.41, 5.74) is -0.349. The van der Waals surface area contributed by atoms with E-state index in [2.05, 4.69) is 30.1 Å². The first-order chi connectivity index (χ1) is 10.1. The fraction of sp³-hybridized carbons (Fsp3) is 0.941. The lowest BCUT2D eigenvalue weighted by Gasteiger charge is -2.32. The Labute approximate surface area is 130 Å². The number of likely N-dealkylation sites (tertiary alicyclic amines) is 1. The first kappa shape index (κ1) is 18.4. The van der Waals surface area contributed by atoms with Crippen LogP contribution in [0.2, 0.25) is 0 Å². The van der Waals surface area contributed by atoms with Gasteiger partial charge in [-0.3, -0.25) is 5.32 Å². The van der Waals surface area contributed by atoms with E-state index in [9.17, 15) is 5.26 Å². The molecule has 0 amide bonds. The highest BCUT2D eigenvalue weighted by Gasteiger charge is 2.22. The predicted molar refractivity (Wildman–Crippen MR) is 87.3 cm³/mol. The van der Waals surface area contributed by atoms with Crippen molar-refractivity contribution in [1.82, 2.24) is 10.2 Å². The number of nitriles is 1. The van der Waals surface area contributed by atoms with Gasteiger partial charge in [-0.2, -0.15) is 5.26 Å². The second kappa shape index (κ2) is 10.2. The molecule has 21 heavy (non-hydrogen) atoms. The summed E-state index contributed by atoms with van der Waals surface area (Å²) in [7, 11) is 0. The van der Waals surface area contributed by atoms with E-state index in [1.165, 1.54) is 19.3 Å². The van der Waals surface area contributed by atoms with E-state index in [1.807, 2.05) is 6.92 Å². The number of hydrogen-bond acceptors (Lipinski definition) is 4. The van der Waals surface area contributed by atoms with Gasteiger partial charge in [-0.05, 0) is 65.5 Å². The Bertz CT molecular complexity index is 308. The van der Waals surface area contributed by atoms with Gasteiger partial charge in [-0.1, -0.05) is 6.92 Å². The maximum atomic E-state index is 9.30. The maximum absolute atomic E-state index is 9.30. The number of ether oxygens (including phenoxy) is 1. The molecule has 1 unspecified atom stereocenters. The van der Waals surface area contributed by atoms with Gasteiger partial charge >= 0.3 is 0 Å². The summed E-state index contributed by atoms with van der Waals surface area (Å²) >= 11 is 0. The Morgan fingerprint density at radius 2 is 2.00 bits per heavy atom. The van der Waals surface area contributed by atoms with Crippen LogP contribution in [0.3, 0.4) is 0 Å². The summed E-state index contributed by atoms with van der Waals surface area (Å²) in [5, 5.41) is 12.7. The van der Waals surface area contributed by atoms with Crippen LogP contribution in [0.4, 0.5) is 0 Å². The van der Waals surface area contributed by atoms with Gasteiger partial charge in [0.2, 0.25) is 0 Å². The third kappa shape index (κ3) is 7.26. The van der Waals surface area contributed by atoms with Crippen molar-refractivity contribution in [1.29, 1.82) is 5.26 Å². The largest absolute Gasteiger partial charge is 0.378 e. The van der Waals surface area contributed by atoms with Crippen molar-refractivity contribution in [3.63, 3.8) is 0 Å². The van der Waals surface area contributed by atoms with Crippen molar-refractivity contribution < 1.29 is 4.74 Å². The van der Waals surface area contributed by atoms with Crippen LogP contribution in [0.15, 0.2) is 0 Å². The minimum absolute atomic E-state index is 0.349. The molecule has 122 valence electrons. The average molecular weight is 295 g/mol. The molecule has 1 heterocycles. The van der Waals surface area contributed by atoms with Crippen LogP contribution in [-0.4, -0.2) is 49.3 Å². The van der Waals surface area contributed by atoms with Crippen LogP contribution in [-0.2, 0) is 4.74 Å². The minimum atomic E-state index is -0.349. The molecule has 1 atom stereocenters. The SMILES string of the molecule is CCCNC(C)(C#N)CCCCN1CCC(OCC)CC1. The fourth-order valence-electron chi connectivity index (χ4n) is 2.93. The van der Waals surface area contributed by atoms with E-state index in [0.717, 1.165) is 52.0 Å². The molecule has 0 aromatic heterocycles. The Morgan fingerprint density at radius 3 is 2.57 bits per heavy atom. The van der Waals surface area contributed by atoms with E-state index in [1.54, 1.807) is 0 Å². The van der Waals surface area contributed by atoms with Crippen LogP contribution in [0.1, 0.15) is 59.3 Å². The third-order valence-electron chi connectivity index (χ3n) is 4.35. The Morgan fingerprint density at radius 1 is 1.29 bits per heavy atom. The molecule has 1 N–H and O–H groups in total. The molecule has 1 aliphatic rings. The number of piperidine rings is 1. The van der Waals surface area contributed by atoms with Gasteiger partial charge in [0.25, 0.3) is 0 Å². The van der Waals surface area contributed by atoms with E-state index in [0.29, 0.717) is 6.10 Å². The van der Waals surface area contributed by atoms with Crippen molar-refractivity contribution in [3.8, 4) is 6.07 Å². The molecule has 1 aliphatic heterocycles. The van der Waals surface area contributed by atoms with Crippen LogP contribution < -0.4 is 5.32 Å². The van der Waals surface area contributed by atoms with Crippen molar-refractivity contribution in [2.75, 3.05) is 32.8 Å². The van der Waals surface area contributed by atoms with Crippen LogP contribution >= 0.6 is 0 Å². The molecule has 0 aromatic carbocycles. The highest BCUT2D eigenvalue weighted by molar-refractivity contribution is 5.03. The lowest BCUT2D eigenvalue weighted by Crippen LogP contribution is -2.41. The van der Waals surface area contributed by atoms with Gasteiger partial charge in [-0.15, -0.1) is 0 Å². The molecule has 0 aliphatic carbocycles. The number of nitrogens with zero attached hydrogens (tertiary/aromatic N) is 2. The van der Waals surface area contributed by atoms with E-state index in [4.69, 9.17) is 4.74 Å². The first-order valence-electron chi connectivity index (χ1n) is 8.63. The summed E-state index contributed by atoms with van der Waals surface area (Å²) in [4.78, 5) is 2.54. The van der Waals surface area contributed by atoms with Crippen LogP contribution in [0.25, 0.3) is 0 Å². The summed E-state index contributed by atoms with van der Waals surface area (Å²) < 4.78 is 5.68. The quantitative estimate of drug-likeness (QED) is 0.630. The molecule has 0 aromatic rings. The molecular formula is C17H33N3O. The van der Waals surface area contributed by atoms with E-state index < -0.39 is 0 Å². The molecular weight excluding hydrogens is 262 g/mol. The first-order valence-corrected chi connectivity index (χ1v) is 8.63. The topological polar surface area (TPSA) is 48.3 Å². The second-order valence-corrected chi connectivity index (χ2v) is 6.32. The Kier molecular flexibility index (Phi) is 8.91. The molecule has 1 saturated heterocycles. The second-order valence-electron chi connectivity index (χ2n) is 6.32. The summed E-state index contributed by atoms with van der Waals surface area (Å²) in [6, 6.07) is 2.43. The third-order valence-corrected chi connectivity index (χ3v) is 4.35. The zero-order chi connectivity index (χ0) is 15.6. The van der Waals surface area contributed by atoms with Crippen LogP contribution in [0, 0.1) is 11.3 Å². The van der Waals surface area contributed by atoms with Crippen LogP contribution in [0.5, 0.6) is 0 Å². The fourth-order valence-corrected chi connectivity index (χ4v) is 2.93. The van der Waals surface area contributed by atoms with E-state index in [-0.39, 0.29) is 5.54 Å². The molecule has 0 saturated carbocycles. The molecule has 0 radical (unpaired) electrons.